The summed E-state index contributed by atoms with van der Waals surface area (Å²) in [5.74, 6) is -0.646. The summed E-state index contributed by atoms with van der Waals surface area (Å²) in [4.78, 5) is 16.0. The Hall–Kier alpha value is -3.92. The van der Waals surface area contributed by atoms with E-state index in [1.807, 2.05) is 42.5 Å². The third-order valence-electron chi connectivity index (χ3n) is 5.16. The summed E-state index contributed by atoms with van der Waals surface area (Å²) in [6, 6.07) is 20.8. The summed E-state index contributed by atoms with van der Waals surface area (Å²) in [6.07, 6.45) is -3.29. The molecule has 0 fully saturated rings. The summed E-state index contributed by atoms with van der Waals surface area (Å²) < 4.78 is 44.7. The molecule has 170 valence electrons. The van der Waals surface area contributed by atoms with Gasteiger partial charge in [-0.05, 0) is 51.9 Å². The third-order valence-corrected chi connectivity index (χ3v) is 6.12. The monoisotopic (exact) mass is 480 g/mol. The number of benzene rings is 3. The minimum atomic E-state index is -4.68. The summed E-state index contributed by atoms with van der Waals surface area (Å²) in [6.45, 7) is 0.370. The van der Waals surface area contributed by atoms with Crippen molar-refractivity contribution in [2.75, 3.05) is 0 Å². The van der Waals surface area contributed by atoms with Crippen molar-refractivity contribution in [2.24, 2.45) is 10.1 Å². The maximum Gasteiger partial charge on any atom is 0.441 e. The first kappa shape index (κ1) is 21.9. The lowest BCUT2D eigenvalue weighted by molar-refractivity contribution is -0.114. The van der Waals surface area contributed by atoms with Crippen LogP contribution in [0.3, 0.4) is 0 Å². The molecular weight excluding hydrogens is 465 g/mol. The smallest absolute Gasteiger partial charge is 0.441 e. The van der Waals surface area contributed by atoms with Crippen LogP contribution in [0.5, 0.6) is 5.75 Å². The molecule has 10 heteroatoms. The molecule has 0 saturated heterocycles. The van der Waals surface area contributed by atoms with Crippen molar-refractivity contribution in [3.05, 3.63) is 83.4 Å². The Morgan fingerprint density at radius 2 is 1.76 bits per heavy atom. The number of carbonyl (C=O) groups excluding carboxylic acids is 1. The summed E-state index contributed by atoms with van der Waals surface area (Å²) in [5.41, 5.74) is 1.46. The SMILES string of the molecule is N=C1C(=Cc2ccc(OCc3cccc4ccccc34)cc2)C(=O)N=C2SC(C(F)(F)F)=NN12. The van der Waals surface area contributed by atoms with Crippen LogP contribution in [0.15, 0.2) is 82.4 Å². The molecule has 0 unspecified atom stereocenters. The third kappa shape index (κ3) is 4.19. The van der Waals surface area contributed by atoms with E-state index in [-0.39, 0.29) is 22.5 Å². The molecule has 0 radical (unpaired) electrons. The molecule has 1 amide bonds. The van der Waals surface area contributed by atoms with E-state index in [1.165, 1.54) is 6.08 Å². The highest BCUT2D eigenvalue weighted by Crippen LogP contribution is 2.35. The Morgan fingerprint density at radius 1 is 1.03 bits per heavy atom. The molecule has 5 rings (SSSR count). The molecule has 34 heavy (non-hydrogen) atoms. The van der Waals surface area contributed by atoms with Gasteiger partial charge in [0.25, 0.3) is 5.91 Å². The van der Waals surface area contributed by atoms with Gasteiger partial charge in [0, 0.05) is 0 Å². The second-order valence-corrected chi connectivity index (χ2v) is 8.37. The van der Waals surface area contributed by atoms with Crippen LogP contribution in [0.2, 0.25) is 0 Å². The van der Waals surface area contributed by atoms with Crippen LogP contribution >= 0.6 is 11.8 Å². The predicted molar refractivity (Wildman–Crippen MR) is 126 cm³/mol. The van der Waals surface area contributed by atoms with Gasteiger partial charge in [-0.2, -0.15) is 28.3 Å². The van der Waals surface area contributed by atoms with Crippen LogP contribution in [0.4, 0.5) is 13.2 Å². The van der Waals surface area contributed by atoms with Gasteiger partial charge in [0.15, 0.2) is 5.84 Å². The van der Waals surface area contributed by atoms with Gasteiger partial charge in [-0.3, -0.25) is 10.2 Å². The fraction of sp³-hybridized carbons (Fsp3) is 0.0833. The number of carbonyl (C=O) groups is 1. The molecular formula is C24H15F3N4O2S. The molecule has 0 saturated carbocycles. The number of halogens is 3. The van der Waals surface area contributed by atoms with E-state index < -0.39 is 23.0 Å². The Balaban J connectivity index is 1.32. The van der Waals surface area contributed by atoms with Crippen LogP contribution in [0.1, 0.15) is 11.1 Å². The predicted octanol–water partition coefficient (Wildman–Crippen LogP) is 5.60. The molecule has 3 aromatic rings. The molecule has 1 N–H and O–H groups in total. The summed E-state index contributed by atoms with van der Waals surface area (Å²) in [7, 11) is 0. The van der Waals surface area contributed by atoms with Crippen LogP contribution in [0, 0.1) is 5.41 Å². The fourth-order valence-corrected chi connectivity index (χ4v) is 4.27. The largest absolute Gasteiger partial charge is 0.489 e. The summed E-state index contributed by atoms with van der Waals surface area (Å²) in [5, 5.41) is 13.1. The second-order valence-electron chi connectivity index (χ2n) is 7.42. The van der Waals surface area contributed by atoms with E-state index in [1.54, 1.807) is 24.3 Å². The van der Waals surface area contributed by atoms with E-state index in [9.17, 15) is 18.0 Å². The van der Waals surface area contributed by atoms with Gasteiger partial charge in [0.05, 0.1) is 5.57 Å². The molecule has 2 aliphatic heterocycles. The first-order chi connectivity index (χ1) is 16.3. The van der Waals surface area contributed by atoms with E-state index in [0.29, 0.717) is 17.9 Å². The van der Waals surface area contributed by atoms with Gasteiger partial charge >= 0.3 is 6.18 Å². The lowest BCUT2D eigenvalue weighted by Gasteiger charge is -2.20. The standard InChI is InChI=1S/C24H15F3N4O2S/c25-24(26,27)22-30-31-20(28)19(21(32)29-23(31)34-22)12-14-8-10-17(11-9-14)33-13-16-6-3-5-15-4-1-2-7-18(15)16/h1-12,28H,13H2. The average Bonchev–Trinajstić information content (AvgIpc) is 3.26. The molecule has 6 nitrogen and oxygen atoms in total. The molecule has 0 bridgehead atoms. The quantitative estimate of drug-likeness (QED) is 0.493. The number of hydrogen-bond donors (Lipinski definition) is 1. The highest BCUT2D eigenvalue weighted by Gasteiger charge is 2.46. The van der Waals surface area contributed by atoms with Crippen molar-refractivity contribution >= 4 is 50.6 Å². The van der Waals surface area contributed by atoms with Crippen molar-refractivity contribution in [1.29, 1.82) is 5.41 Å². The number of hydrazone groups is 1. The van der Waals surface area contributed by atoms with Gasteiger partial charge in [-0.15, -0.1) is 0 Å². The van der Waals surface area contributed by atoms with Crippen LogP contribution in [-0.4, -0.2) is 33.1 Å². The maximum absolute atomic E-state index is 12.9. The minimum Gasteiger partial charge on any atom is -0.489 e. The van der Waals surface area contributed by atoms with Crippen molar-refractivity contribution in [3.63, 3.8) is 0 Å². The molecule has 0 aliphatic carbocycles. The lowest BCUT2D eigenvalue weighted by atomic mass is 10.1. The van der Waals surface area contributed by atoms with Gasteiger partial charge in [-0.25, -0.2) is 0 Å². The van der Waals surface area contributed by atoms with Crippen molar-refractivity contribution in [1.82, 2.24) is 5.01 Å². The summed E-state index contributed by atoms with van der Waals surface area (Å²) >= 11 is 0.219. The normalized spacial score (nSPS) is 17.1. The van der Waals surface area contributed by atoms with E-state index in [2.05, 4.69) is 10.1 Å². The lowest BCUT2D eigenvalue weighted by Crippen LogP contribution is -2.35. The first-order valence-electron chi connectivity index (χ1n) is 10.1. The van der Waals surface area contributed by atoms with Crippen LogP contribution in [0.25, 0.3) is 16.8 Å². The first-order valence-corrected chi connectivity index (χ1v) is 10.9. The van der Waals surface area contributed by atoms with Crippen LogP contribution in [-0.2, 0) is 11.4 Å². The molecule has 0 aromatic heterocycles. The van der Waals surface area contributed by atoms with Crippen molar-refractivity contribution in [2.45, 2.75) is 12.8 Å². The Kier molecular flexibility index (Phi) is 5.45. The number of amidine groups is 2. The van der Waals surface area contributed by atoms with Gasteiger partial charge in [0.1, 0.15) is 12.4 Å². The van der Waals surface area contributed by atoms with Crippen molar-refractivity contribution in [3.8, 4) is 5.75 Å². The number of nitrogens with zero attached hydrogens (tertiary/aromatic N) is 3. The zero-order chi connectivity index (χ0) is 23.9. The number of amides is 1. The molecule has 0 atom stereocenters. The van der Waals surface area contributed by atoms with Gasteiger partial charge < -0.3 is 4.74 Å². The number of hydrogen-bond acceptors (Lipinski definition) is 5. The second kappa shape index (κ2) is 8.45. The van der Waals surface area contributed by atoms with Crippen molar-refractivity contribution < 1.29 is 22.7 Å². The number of aliphatic imine (C=N–C) groups is 1. The number of ether oxygens (including phenoxy) is 1. The van der Waals surface area contributed by atoms with E-state index in [4.69, 9.17) is 10.1 Å². The minimum absolute atomic E-state index is 0.152. The zero-order valence-corrected chi connectivity index (χ0v) is 18.2. The van der Waals surface area contributed by atoms with E-state index >= 15 is 0 Å². The fourth-order valence-electron chi connectivity index (χ4n) is 3.51. The highest BCUT2D eigenvalue weighted by molar-refractivity contribution is 8.27. The zero-order valence-electron chi connectivity index (χ0n) is 17.3. The molecule has 3 aromatic carbocycles. The molecule has 0 spiro atoms. The molecule has 2 aliphatic rings. The highest BCUT2D eigenvalue weighted by atomic mass is 32.2. The number of nitrogens with one attached hydrogen (secondary N) is 1. The number of rotatable bonds is 4. The number of fused-ring (bicyclic) bond motifs is 2. The number of thioether (sulfide) groups is 1. The Bertz CT molecular complexity index is 1410. The molecule has 2 heterocycles. The van der Waals surface area contributed by atoms with Gasteiger partial charge in [0.2, 0.25) is 10.2 Å². The van der Waals surface area contributed by atoms with E-state index in [0.717, 1.165) is 21.3 Å². The maximum atomic E-state index is 12.9. The van der Waals surface area contributed by atoms with Crippen LogP contribution < -0.4 is 4.74 Å². The Labute approximate surface area is 195 Å². The number of alkyl halides is 3. The topological polar surface area (TPSA) is 78.1 Å². The average molecular weight is 480 g/mol. The van der Waals surface area contributed by atoms with Gasteiger partial charge in [-0.1, -0.05) is 54.6 Å². The Morgan fingerprint density at radius 3 is 2.53 bits per heavy atom.